The molecule has 1 unspecified atom stereocenters. The number of nitrogens with zero attached hydrogens (tertiary/aromatic N) is 3. The number of aryl methyl sites for hydroxylation is 2. The summed E-state index contributed by atoms with van der Waals surface area (Å²) in [4.78, 5) is 3.73. The van der Waals surface area contributed by atoms with Crippen LogP contribution in [0.15, 0.2) is 12.4 Å². The zero-order chi connectivity index (χ0) is 13.5. The molecule has 0 bridgehead atoms. The molecule has 8 heteroatoms. The quantitative estimate of drug-likeness (QED) is 0.915. The van der Waals surface area contributed by atoms with Crippen molar-refractivity contribution in [2.45, 2.75) is 19.1 Å². The highest BCUT2D eigenvalue weighted by atomic mass is 32.1. The van der Waals surface area contributed by atoms with E-state index in [0.29, 0.717) is 27.5 Å². The molecule has 98 valence electrons. The lowest BCUT2D eigenvalue weighted by atomic mass is 10.1. The van der Waals surface area contributed by atoms with E-state index in [9.17, 15) is 13.2 Å². The zero-order valence-electron chi connectivity index (χ0n) is 9.69. The lowest BCUT2D eigenvalue weighted by molar-refractivity contribution is -0.137. The third kappa shape index (κ3) is 2.39. The number of rotatable bonds is 2. The van der Waals surface area contributed by atoms with Crippen LogP contribution in [0.5, 0.6) is 0 Å². The molecule has 4 nitrogen and oxygen atoms in total. The lowest BCUT2D eigenvalue weighted by Gasteiger charge is -2.07. The molecule has 18 heavy (non-hydrogen) atoms. The first-order chi connectivity index (χ1) is 8.29. The summed E-state index contributed by atoms with van der Waals surface area (Å²) in [6, 6.07) is -0.632. The van der Waals surface area contributed by atoms with Crippen molar-refractivity contribution in [2.75, 3.05) is 0 Å². The average molecular weight is 276 g/mol. The van der Waals surface area contributed by atoms with Gasteiger partial charge in [0.15, 0.2) is 5.01 Å². The van der Waals surface area contributed by atoms with Crippen LogP contribution in [-0.2, 0) is 13.2 Å². The van der Waals surface area contributed by atoms with Crippen LogP contribution in [0.4, 0.5) is 13.2 Å². The molecule has 0 aliphatic heterocycles. The van der Waals surface area contributed by atoms with E-state index >= 15 is 0 Å². The Labute approximate surface area is 105 Å². The van der Waals surface area contributed by atoms with Crippen molar-refractivity contribution in [2.24, 2.45) is 12.8 Å². The van der Waals surface area contributed by atoms with Gasteiger partial charge in [0, 0.05) is 29.9 Å². The summed E-state index contributed by atoms with van der Waals surface area (Å²) in [5.41, 5.74) is 7.34. The monoisotopic (exact) mass is 276 g/mol. The van der Waals surface area contributed by atoms with Crippen molar-refractivity contribution in [1.29, 1.82) is 0 Å². The molecule has 2 aromatic heterocycles. The highest BCUT2D eigenvalue weighted by Crippen LogP contribution is 2.35. The van der Waals surface area contributed by atoms with Crippen LogP contribution in [0.3, 0.4) is 0 Å². The van der Waals surface area contributed by atoms with E-state index in [1.165, 1.54) is 6.20 Å². The molecule has 0 spiro atoms. The molecule has 2 heterocycles. The van der Waals surface area contributed by atoms with Crippen LogP contribution in [0.1, 0.15) is 27.2 Å². The molecule has 0 aliphatic rings. The SMILES string of the molecule is Cc1nn(C)cc1C(N)c1cnc(C(F)(F)F)s1. The minimum atomic E-state index is -4.42. The first-order valence-corrected chi connectivity index (χ1v) is 5.89. The summed E-state index contributed by atoms with van der Waals surface area (Å²) in [6.45, 7) is 1.76. The fraction of sp³-hybridized carbons (Fsp3) is 0.400. The Morgan fingerprint density at radius 2 is 2.11 bits per heavy atom. The van der Waals surface area contributed by atoms with Crippen molar-refractivity contribution in [3.05, 3.63) is 33.5 Å². The second-order valence-corrected chi connectivity index (χ2v) is 4.95. The van der Waals surface area contributed by atoms with Crippen molar-refractivity contribution in [3.8, 4) is 0 Å². The maximum absolute atomic E-state index is 12.4. The van der Waals surface area contributed by atoms with Gasteiger partial charge in [-0.1, -0.05) is 0 Å². The Morgan fingerprint density at radius 1 is 1.44 bits per heavy atom. The predicted molar refractivity (Wildman–Crippen MR) is 61.1 cm³/mol. The van der Waals surface area contributed by atoms with Gasteiger partial charge in [-0.15, -0.1) is 11.3 Å². The molecule has 0 amide bonds. The predicted octanol–water partition coefficient (Wildman–Crippen LogP) is 2.25. The van der Waals surface area contributed by atoms with Crippen LogP contribution in [-0.4, -0.2) is 14.8 Å². The summed E-state index contributed by atoms with van der Waals surface area (Å²) in [7, 11) is 1.73. The van der Waals surface area contributed by atoms with E-state index in [0.717, 1.165) is 0 Å². The summed E-state index contributed by atoms with van der Waals surface area (Å²) >= 11 is 0.563. The highest BCUT2D eigenvalue weighted by molar-refractivity contribution is 7.11. The average Bonchev–Trinajstić information content (AvgIpc) is 2.83. The van der Waals surface area contributed by atoms with Gasteiger partial charge < -0.3 is 5.73 Å². The molecular weight excluding hydrogens is 265 g/mol. The minimum absolute atomic E-state index is 0.374. The van der Waals surface area contributed by atoms with Gasteiger partial charge in [0.1, 0.15) is 0 Å². The van der Waals surface area contributed by atoms with Crippen molar-refractivity contribution >= 4 is 11.3 Å². The van der Waals surface area contributed by atoms with E-state index in [1.807, 2.05) is 0 Å². The van der Waals surface area contributed by atoms with Gasteiger partial charge in [0.25, 0.3) is 0 Å². The Bertz CT molecular complexity index is 558. The van der Waals surface area contributed by atoms with Crippen molar-refractivity contribution < 1.29 is 13.2 Å². The first-order valence-electron chi connectivity index (χ1n) is 5.07. The summed E-state index contributed by atoms with van der Waals surface area (Å²) in [5.74, 6) is 0. The Kier molecular flexibility index (Phi) is 3.16. The Morgan fingerprint density at radius 3 is 2.56 bits per heavy atom. The first kappa shape index (κ1) is 13.0. The normalized spacial score (nSPS) is 13.9. The van der Waals surface area contributed by atoms with Gasteiger partial charge >= 0.3 is 6.18 Å². The fourth-order valence-corrected chi connectivity index (χ4v) is 2.44. The summed E-state index contributed by atoms with van der Waals surface area (Å²) < 4.78 is 38.9. The Balaban J connectivity index is 2.32. The van der Waals surface area contributed by atoms with Gasteiger partial charge in [0.2, 0.25) is 0 Å². The lowest BCUT2D eigenvalue weighted by Crippen LogP contribution is -2.10. The van der Waals surface area contributed by atoms with Gasteiger partial charge in [-0.3, -0.25) is 4.68 Å². The highest BCUT2D eigenvalue weighted by Gasteiger charge is 2.35. The smallest absolute Gasteiger partial charge is 0.319 e. The molecule has 0 aromatic carbocycles. The maximum atomic E-state index is 12.4. The fourth-order valence-electron chi connectivity index (χ4n) is 1.64. The topological polar surface area (TPSA) is 56.7 Å². The van der Waals surface area contributed by atoms with Crippen LogP contribution in [0, 0.1) is 6.92 Å². The molecule has 2 rings (SSSR count). The van der Waals surface area contributed by atoms with Gasteiger partial charge in [-0.05, 0) is 6.92 Å². The molecule has 2 aromatic rings. The molecule has 0 aliphatic carbocycles. The number of nitrogens with two attached hydrogens (primary N) is 1. The van der Waals surface area contributed by atoms with Crippen molar-refractivity contribution in [3.63, 3.8) is 0 Å². The second-order valence-electron chi connectivity index (χ2n) is 3.89. The number of aromatic nitrogens is 3. The third-order valence-electron chi connectivity index (χ3n) is 2.46. The molecule has 0 saturated heterocycles. The van der Waals surface area contributed by atoms with Gasteiger partial charge in [-0.2, -0.15) is 18.3 Å². The third-order valence-corrected chi connectivity index (χ3v) is 3.58. The largest absolute Gasteiger partial charge is 0.443 e. The van der Waals surface area contributed by atoms with Crippen LogP contribution in [0.2, 0.25) is 0 Å². The molecule has 0 saturated carbocycles. The number of halogens is 3. The number of hydrogen-bond acceptors (Lipinski definition) is 4. The van der Waals surface area contributed by atoms with E-state index in [1.54, 1.807) is 24.9 Å². The van der Waals surface area contributed by atoms with E-state index < -0.39 is 17.2 Å². The number of hydrogen-bond donors (Lipinski definition) is 1. The molecule has 2 N–H and O–H groups in total. The minimum Gasteiger partial charge on any atom is -0.319 e. The maximum Gasteiger partial charge on any atom is 0.443 e. The molecule has 0 fully saturated rings. The molecule has 1 atom stereocenters. The number of alkyl halides is 3. The van der Waals surface area contributed by atoms with Crippen LogP contribution < -0.4 is 5.73 Å². The van der Waals surface area contributed by atoms with Crippen LogP contribution in [0.25, 0.3) is 0 Å². The van der Waals surface area contributed by atoms with Gasteiger partial charge in [-0.25, -0.2) is 4.98 Å². The van der Waals surface area contributed by atoms with Gasteiger partial charge in [0.05, 0.1) is 11.7 Å². The van der Waals surface area contributed by atoms with E-state index in [-0.39, 0.29) is 0 Å². The van der Waals surface area contributed by atoms with E-state index in [2.05, 4.69) is 10.1 Å². The Hall–Kier alpha value is -1.41. The molecular formula is C10H11F3N4S. The number of thiazole rings is 1. The van der Waals surface area contributed by atoms with E-state index in [4.69, 9.17) is 5.73 Å². The zero-order valence-corrected chi connectivity index (χ0v) is 10.5. The summed E-state index contributed by atoms with van der Waals surface area (Å²) in [5, 5.41) is 3.23. The van der Waals surface area contributed by atoms with Crippen molar-refractivity contribution in [1.82, 2.24) is 14.8 Å². The standard InChI is InChI=1S/C10H11F3N4S/c1-5-6(4-17(2)16-5)8(14)7-3-15-9(18-7)10(11,12)13/h3-4,8H,14H2,1-2H3. The summed E-state index contributed by atoms with van der Waals surface area (Å²) in [6.07, 6.45) is -1.55. The van der Waals surface area contributed by atoms with Crippen LogP contribution >= 0.6 is 11.3 Å². The second kappa shape index (κ2) is 4.36. The molecule has 0 radical (unpaired) electrons.